The van der Waals surface area contributed by atoms with Crippen molar-refractivity contribution in [2.24, 2.45) is 0 Å². The molecule has 1 aliphatic heterocycles. The second-order valence-corrected chi connectivity index (χ2v) is 9.10. The number of ketones is 1. The van der Waals surface area contributed by atoms with Gasteiger partial charge in [0.1, 0.15) is 5.25 Å². The molecule has 1 heterocycles. The number of benzene rings is 3. The third kappa shape index (κ3) is 3.95. The Labute approximate surface area is 191 Å². The first kappa shape index (κ1) is 21.2. The second kappa shape index (κ2) is 8.60. The van der Waals surface area contributed by atoms with Crippen LogP contribution in [-0.2, 0) is 9.59 Å². The summed E-state index contributed by atoms with van der Waals surface area (Å²) >= 11 is 19.1. The largest absolute Gasteiger partial charge is 0.296 e. The number of amides is 1. The maximum atomic E-state index is 14.8. The molecule has 0 saturated carbocycles. The summed E-state index contributed by atoms with van der Waals surface area (Å²) in [5.74, 6) is -2.16. The van der Waals surface area contributed by atoms with Gasteiger partial charge >= 0.3 is 0 Å². The second-order valence-electron chi connectivity index (χ2n) is 6.60. The summed E-state index contributed by atoms with van der Waals surface area (Å²) in [5, 5.41) is 0.150. The maximum Gasteiger partial charge on any atom is 0.296 e. The topological polar surface area (TPSA) is 37.4 Å². The molecular weight excluding hydrogens is 468 g/mol. The summed E-state index contributed by atoms with van der Waals surface area (Å²) < 4.78 is 14.8. The Morgan fingerprint density at radius 2 is 1.43 bits per heavy atom. The van der Waals surface area contributed by atoms with Gasteiger partial charge in [0.15, 0.2) is 5.82 Å². The summed E-state index contributed by atoms with van der Waals surface area (Å²) in [5.41, 5.74) is 0.615. The molecule has 2 unspecified atom stereocenters. The van der Waals surface area contributed by atoms with Crippen molar-refractivity contribution in [3.05, 3.63) is 93.2 Å². The molecule has 0 spiro atoms. The van der Waals surface area contributed by atoms with Crippen LogP contribution in [0, 0.1) is 5.82 Å². The van der Waals surface area contributed by atoms with E-state index in [1.807, 2.05) is 0 Å². The molecule has 152 valence electrons. The first-order valence-electron chi connectivity index (χ1n) is 8.86. The monoisotopic (exact) mass is 479 g/mol. The number of nitrogens with zero attached hydrogens (tertiary/aromatic N) is 1. The number of hydrogen-bond acceptors (Lipinski definition) is 3. The van der Waals surface area contributed by atoms with Crippen LogP contribution in [0.15, 0.2) is 71.6 Å². The number of carbonyl (C=O) groups is 2. The van der Waals surface area contributed by atoms with Gasteiger partial charge in [0, 0.05) is 14.9 Å². The zero-order chi connectivity index (χ0) is 21.4. The number of hydrogen-bond donors (Lipinski definition) is 0. The van der Waals surface area contributed by atoms with Gasteiger partial charge in [0.05, 0.1) is 16.8 Å². The lowest BCUT2D eigenvalue weighted by Gasteiger charge is -2.28. The third-order valence-electron chi connectivity index (χ3n) is 4.73. The molecule has 0 N–H and O–H groups in total. The first-order valence-corrected chi connectivity index (χ1v) is 10.9. The van der Waals surface area contributed by atoms with Crippen LogP contribution < -0.4 is 4.90 Å². The normalized spacial score (nSPS) is 18.9. The van der Waals surface area contributed by atoms with Gasteiger partial charge < -0.3 is 0 Å². The van der Waals surface area contributed by atoms with Gasteiger partial charge in [-0.15, -0.1) is 11.8 Å². The Morgan fingerprint density at radius 1 is 0.833 bits per heavy atom. The fourth-order valence-corrected chi connectivity index (χ4v) is 4.97. The van der Waals surface area contributed by atoms with Gasteiger partial charge in [-0.3, -0.25) is 14.5 Å². The first-order chi connectivity index (χ1) is 14.4. The van der Waals surface area contributed by atoms with Crippen LogP contribution in [0.25, 0.3) is 0 Å². The molecule has 3 aromatic carbocycles. The lowest BCUT2D eigenvalue weighted by Crippen LogP contribution is -2.30. The predicted molar refractivity (Wildman–Crippen MR) is 119 cm³/mol. The predicted octanol–water partition coefficient (Wildman–Crippen LogP) is 6.60. The minimum atomic E-state index is -0.793. The smallest absolute Gasteiger partial charge is 0.294 e. The van der Waals surface area contributed by atoms with Crippen molar-refractivity contribution in [1.29, 1.82) is 0 Å². The van der Waals surface area contributed by atoms with Crippen LogP contribution in [0.4, 0.5) is 10.1 Å². The van der Waals surface area contributed by atoms with Crippen LogP contribution in [0.5, 0.6) is 0 Å². The van der Waals surface area contributed by atoms with E-state index in [0.717, 1.165) is 4.90 Å². The van der Waals surface area contributed by atoms with Crippen molar-refractivity contribution >= 4 is 63.9 Å². The Hall–Kier alpha value is -2.05. The molecule has 30 heavy (non-hydrogen) atoms. The van der Waals surface area contributed by atoms with Crippen LogP contribution in [-0.4, -0.2) is 16.9 Å². The minimum absolute atomic E-state index is 0.0417. The lowest BCUT2D eigenvalue weighted by atomic mass is 10.0. The Bertz CT molecular complexity index is 1120. The molecule has 1 amide bonds. The number of halogens is 4. The number of thioether (sulfide) groups is 1. The standard InChI is InChI=1S/C22H13Cl3FNO2S/c23-13-6-4-12(5-7-13)19-21(30-15-10-8-14(24)9-11-15)20(28)22(29)27(19)17-3-1-2-16(25)18(17)26/h1-11,19,21H. The molecule has 0 bridgehead atoms. The molecule has 3 aromatic rings. The van der Waals surface area contributed by atoms with Crippen molar-refractivity contribution < 1.29 is 14.0 Å². The van der Waals surface area contributed by atoms with Crippen LogP contribution >= 0.6 is 46.6 Å². The van der Waals surface area contributed by atoms with Crippen LogP contribution in [0.2, 0.25) is 15.1 Å². The SMILES string of the molecule is O=C1C(=O)N(c2cccc(Cl)c2F)C(c2ccc(Cl)cc2)C1Sc1ccc(Cl)cc1. The molecule has 1 saturated heterocycles. The van der Waals surface area contributed by atoms with E-state index >= 15 is 0 Å². The van der Waals surface area contributed by atoms with Gasteiger partial charge in [-0.1, -0.05) is 53.0 Å². The van der Waals surface area contributed by atoms with E-state index in [2.05, 4.69) is 0 Å². The van der Waals surface area contributed by atoms with E-state index in [4.69, 9.17) is 34.8 Å². The summed E-state index contributed by atoms with van der Waals surface area (Å²) in [6, 6.07) is 17.4. The van der Waals surface area contributed by atoms with Crippen LogP contribution in [0.1, 0.15) is 11.6 Å². The zero-order valence-electron chi connectivity index (χ0n) is 15.2. The fraction of sp³-hybridized carbons (Fsp3) is 0.0909. The maximum absolute atomic E-state index is 14.8. The summed E-state index contributed by atoms with van der Waals surface area (Å²) in [7, 11) is 0. The van der Waals surface area contributed by atoms with E-state index in [-0.39, 0.29) is 10.7 Å². The van der Waals surface area contributed by atoms with E-state index in [1.54, 1.807) is 48.5 Å². The van der Waals surface area contributed by atoms with Crippen molar-refractivity contribution in [3.8, 4) is 0 Å². The number of Topliss-reactive ketones (excluding diaryl/α,β-unsaturated/α-hetero) is 1. The Morgan fingerprint density at radius 3 is 2.07 bits per heavy atom. The van der Waals surface area contributed by atoms with Gasteiger partial charge in [0.25, 0.3) is 5.91 Å². The number of anilines is 1. The van der Waals surface area contributed by atoms with Gasteiger partial charge in [-0.25, -0.2) is 4.39 Å². The van der Waals surface area contributed by atoms with Crippen molar-refractivity contribution in [2.75, 3.05) is 4.90 Å². The molecule has 1 aliphatic rings. The van der Waals surface area contributed by atoms with E-state index in [9.17, 15) is 14.0 Å². The third-order valence-corrected chi connectivity index (χ3v) is 6.80. The molecule has 8 heteroatoms. The molecule has 0 aromatic heterocycles. The highest BCUT2D eigenvalue weighted by Gasteiger charge is 2.50. The van der Waals surface area contributed by atoms with E-state index in [0.29, 0.717) is 15.6 Å². The average molecular weight is 481 g/mol. The van der Waals surface area contributed by atoms with Gasteiger partial charge in [0.2, 0.25) is 5.78 Å². The Kier molecular flexibility index (Phi) is 6.07. The molecule has 2 atom stereocenters. The molecule has 0 aliphatic carbocycles. The molecule has 1 fully saturated rings. The quantitative estimate of drug-likeness (QED) is 0.395. The number of carbonyl (C=O) groups excluding carboxylic acids is 2. The summed E-state index contributed by atoms with van der Waals surface area (Å²) in [6.07, 6.45) is 0. The highest BCUT2D eigenvalue weighted by Crippen LogP contribution is 2.45. The van der Waals surface area contributed by atoms with Crippen molar-refractivity contribution in [3.63, 3.8) is 0 Å². The van der Waals surface area contributed by atoms with Crippen molar-refractivity contribution in [1.82, 2.24) is 0 Å². The molecule has 3 nitrogen and oxygen atoms in total. The summed E-state index contributed by atoms with van der Waals surface area (Å²) in [4.78, 5) is 27.9. The minimum Gasteiger partial charge on any atom is -0.294 e. The van der Waals surface area contributed by atoms with Crippen molar-refractivity contribution in [2.45, 2.75) is 16.2 Å². The highest BCUT2D eigenvalue weighted by atomic mass is 35.5. The van der Waals surface area contributed by atoms with Gasteiger partial charge in [-0.2, -0.15) is 0 Å². The van der Waals surface area contributed by atoms with E-state index in [1.165, 1.54) is 34.9 Å². The zero-order valence-corrected chi connectivity index (χ0v) is 18.3. The Balaban J connectivity index is 1.83. The summed E-state index contributed by atoms with van der Waals surface area (Å²) in [6.45, 7) is 0. The van der Waals surface area contributed by atoms with Gasteiger partial charge in [-0.05, 0) is 54.1 Å². The average Bonchev–Trinajstić information content (AvgIpc) is 2.97. The molecular formula is C22H13Cl3FNO2S. The fourth-order valence-electron chi connectivity index (χ4n) is 3.34. The van der Waals surface area contributed by atoms with E-state index < -0.39 is 28.8 Å². The lowest BCUT2D eigenvalue weighted by molar-refractivity contribution is -0.133. The molecule has 0 radical (unpaired) electrons. The highest BCUT2D eigenvalue weighted by molar-refractivity contribution is 8.00. The number of rotatable bonds is 4. The van der Waals surface area contributed by atoms with Crippen LogP contribution in [0.3, 0.4) is 0 Å². The molecule has 4 rings (SSSR count).